The van der Waals surface area contributed by atoms with Crippen molar-refractivity contribution in [2.45, 2.75) is 6.92 Å². The molecule has 0 unspecified atom stereocenters. The summed E-state index contributed by atoms with van der Waals surface area (Å²) < 4.78 is 12.5. The lowest BCUT2D eigenvalue weighted by Crippen LogP contribution is -2.20. The lowest BCUT2D eigenvalue weighted by molar-refractivity contribution is -0.118. The van der Waals surface area contributed by atoms with E-state index in [0.29, 0.717) is 32.8 Å². The molecule has 0 aliphatic heterocycles. The normalized spacial score (nSPS) is 10.7. The standard InChI is InChI=1S/C24H21Br2N3O4/c1-15-3-9-19(10-4-15)28-22(30)14-33-23-20(26)11-16(12-21(23)32-2)13-27-29-24(31)17-5-7-18(25)8-6-17/h3-13H,14H2,1-2H3,(H,28,30)(H,29,31)/b27-13+. The number of amides is 2. The van der Waals surface area contributed by atoms with Crippen LogP contribution in [0.15, 0.2) is 74.7 Å². The van der Waals surface area contributed by atoms with Crippen molar-refractivity contribution >= 4 is 55.6 Å². The highest BCUT2D eigenvalue weighted by atomic mass is 79.9. The van der Waals surface area contributed by atoms with Gasteiger partial charge < -0.3 is 14.8 Å². The fraction of sp³-hybridized carbons (Fsp3) is 0.125. The monoisotopic (exact) mass is 573 g/mol. The molecule has 0 saturated carbocycles. The van der Waals surface area contributed by atoms with Crippen LogP contribution in [0.4, 0.5) is 5.69 Å². The van der Waals surface area contributed by atoms with E-state index in [4.69, 9.17) is 9.47 Å². The van der Waals surface area contributed by atoms with Crippen LogP contribution in [0.25, 0.3) is 0 Å². The molecule has 170 valence electrons. The average Bonchev–Trinajstić information content (AvgIpc) is 2.80. The summed E-state index contributed by atoms with van der Waals surface area (Å²) in [6.45, 7) is 1.78. The van der Waals surface area contributed by atoms with Gasteiger partial charge in [-0.15, -0.1) is 0 Å². The molecule has 3 rings (SSSR count). The topological polar surface area (TPSA) is 89.0 Å². The number of aryl methyl sites for hydroxylation is 1. The minimum Gasteiger partial charge on any atom is -0.493 e. The number of ether oxygens (including phenoxy) is 2. The van der Waals surface area contributed by atoms with Crippen LogP contribution in [0.5, 0.6) is 11.5 Å². The summed E-state index contributed by atoms with van der Waals surface area (Å²) in [5, 5.41) is 6.77. The number of nitrogens with one attached hydrogen (secondary N) is 2. The Labute approximate surface area is 208 Å². The molecule has 2 N–H and O–H groups in total. The number of rotatable bonds is 8. The fourth-order valence-electron chi connectivity index (χ4n) is 2.76. The second-order valence-electron chi connectivity index (χ2n) is 6.94. The summed E-state index contributed by atoms with van der Waals surface area (Å²) >= 11 is 6.77. The van der Waals surface area contributed by atoms with Gasteiger partial charge in [-0.2, -0.15) is 5.10 Å². The molecule has 3 aromatic rings. The summed E-state index contributed by atoms with van der Waals surface area (Å²) in [4.78, 5) is 24.4. The van der Waals surface area contributed by atoms with Gasteiger partial charge in [-0.3, -0.25) is 9.59 Å². The molecule has 0 saturated heterocycles. The van der Waals surface area contributed by atoms with E-state index in [9.17, 15) is 9.59 Å². The molecule has 7 nitrogen and oxygen atoms in total. The van der Waals surface area contributed by atoms with Crippen LogP contribution in [0, 0.1) is 6.92 Å². The summed E-state index contributed by atoms with van der Waals surface area (Å²) in [7, 11) is 1.50. The Kier molecular flexibility index (Phi) is 8.62. The first-order chi connectivity index (χ1) is 15.9. The molecular weight excluding hydrogens is 554 g/mol. The number of anilines is 1. The van der Waals surface area contributed by atoms with Crippen LogP contribution in [-0.4, -0.2) is 31.7 Å². The Morgan fingerprint density at radius 3 is 2.39 bits per heavy atom. The SMILES string of the molecule is COc1cc(/C=N/NC(=O)c2ccc(Br)cc2)cc(Br)c1OCC(=O)Nc1ccc(C)cc1. The minimum absolute atomic E-state index is 0.195. The van der Waals surface area contributed by atoms with Gasteiger partial charge in [0.1, 0.15) is 0 Å². The van der Waals surface area contributed by atoms with E-state index in [0.717, 1.165) is 10.0 Å². The number of halogens is 2. The summed E-state index contributed by atoms with van der Waals surface area (Å²) in [5.41, 5.74) is 5.42. The van der Waals surface area contributed by atoms with Gasteiger partial charge >= 0.3 is 0 Å². The predicted octanol–water partition coefficient (Wildman–Crippen LogP) is 5.31. The third-order valence-electron chi connectivity index (χ3n) is 4.42. The number of benzene rings is 3. The summed E-state index contributed by atoms with van der Waals surface area (Å²) in [5.74, 6) is 0.166. The van der Waals surface area contributed by atoms with Crippen LogP contribution in [0.3, 0.4) is 0 Å². The highest BCUT2D eigenvalue weighted by Gasteiger charge is 2.13. The van der Waals surface area contributed by atoms with Gasteiger partial charge in [0, 0.05) is 15.7 Å². The van der Waals surface area contributed by atoms with Crippen LogP contribution in [-0.2, 0) is 4.79 Å². The number of methoxy groups -OCH3 is 1. The Morgan fingerprint density at radius 2 is 1.73 bits per heavy atom. The number of carbonyl (C=O) groups excluding carboxylic acids is 2. The Balaban J connectivity index is 1.62. The molecule has 33 heavy (non-hydrogen) atoms. The maximum absolute atomic E-state index is 12.2. The van der Waals surface area contributed by atoms with Crippen LogP contribution in [0.1, 0.15) is 21.5 Å². The zero-order valence-electron chi connectivity index (χ0n) is 17.9. The van der Waals surface area contributed by atoms with Crippen molar-refractivity contribution < 1.29 is 19.1 Å². The van der Waals surface area contributed by atoms with E-state index < -0.39 is 0 Å². The number of hydrogen-bond acceptors (Lipinski definition) is 5. The molecule has 0 atom stereocenters. The van der Waals surface area contributed by atoms with Crippen molar-refractivity contribution in [2.75, 3.05) is 19.0 Å². The molecule has 9 heteroatoms. The Morgan fingerprint density at radius 1 is 1.03 bits per heavy atom. The van der Waals surface area contributed by atoms with Gasteiger partial charge in [0.05, 0.1) is 17.8 Å². The first kappa shape index (κ1) is 24.5. The van der Waals surface area contributed by atoms with Crippen molar-refractivity contribution in [1.82, 2.24) is 5.43 Å². The maximum atomic E-state index is 12.2. The maximum Gasteiger partial charge on any atom is 0.271 e. The average molecular weight is 575 g/mol. The molecule has 0 radical (unpaired) electrons. The van der Waals surface area contributed by atoms with E-state index in [1.807, 2.05) is 31.2 Å². The van der Waals surface area contributed by atoms with E-state index in [-0.39, 0.29) is 18.4 Å². The predicted molar refractivity (Wildman–Crippen MR) is 135 cm³/mol. The summed E-state index contributed by atoms with van der Waals surface area (Å²) in [6.07, 6.45) is 1.48. The summed E-state index contributed by atoms with van der Waals surface area (Å²) in [6, 6.07) is 17.8. The minimum atomic E-state index is -0.329. The van der Waals surface area contributed by atoms with E-state index >= 15 is 0 Å². The molecule has 0 fully saturated rings. The molecule has 2 amide bonds. The lowest BCUT2D eigenvalue weighted by Gasteiger charge is -2.13. The quantitative estimate of drug-likeness (QED) is 0.282. The highest BCUT2D eigenvalue weighted by molar-refractivity contribution is 9.10. The first-order valence-corrected chi connectivity index (χ1v) is 11.4. The number of hydrazone groups is 1. The smallest absolute Gasteiger partial charge is 0.271 e. The lowest BCUT2D eigenvalue weighted by atomic mass is 10.2. The van der Waals surface area contributed by atoms with Crippen molar-refractivity contribution in [3.63, 3.8) is 0 Å². The second-order valence-corrected chi connectivity index (χ2v) is 8.71. The van der Waals surface area contributed by atoms with Crippen LogP contribution < -0.4 is 20.2 Å². The van der Waals surface area contributed by atoms with Gasteiger partial charge in [0.15, 0.2) is 18.1 Å². The van der Waals surface area contributed by atoms with Crippen molar-refractivity contribution in [3.05, 3.63) is 86.3 Å². The molecule has 0 heterocycles. The van der Waals surface area contributed by atoms with Gasteiger partial charge in [-0.05, 0) is 76.9 Å². The largest absolute Gasteiger partial charge is 0.493 e. The van der Waals surface area contributed by atoms with Gasteiger partial charge in [0.2, 0.25) is 0 Å². The molecule has 0 bridgehead atoms. The van der Waals surface area contributed by atoms with Crippen molar-refractivity contribution in [2.24, 2.45) is 5.10 Å². The highest BCUT2D eigenvalue weighted by Crippen LogP contribution is 2.36. The van der Waals surface area contributed by atoms with Crippen LogP contribution in [0.2, 0.25) is 0 Å². The molecule has 0 aromatic heterocycles. The van der Waals surface area contributed by atoms with Gasteiger partial charge in [0.25, 0.3) is 11.8 Å². The fourth-order valence-corrected chi connectivity index (χ4v) is 3.60. The van der Waals surface area contributed by atoms with E-state index in [2.05, 4.69) is 47.7 Å². The first-order valence-electron chi connectivity index (χ1n) is 9.81. The Hall–Kier alpha value is -3.17. The zero-order valence-corrected chi connectivity index (χ0v) is 21.1. The third kappa shape index (κ3) is 7.16. The second kappa shape index (κ2) is 11.6. The zero-order chi connectivity index (χ0) is 23.8. The molecule has 3 aromatic carbocycles. The van der Waals surface area contributed by atoms with E-state index in [1.54, 1.807) is 36.4 Å². The molecular formula is C24H21Br2N3O4. The number of hydrogen-bond donors (Lipinski definition) is 2. The van der Waals surface area contributed by atoms with E-state index in [1.165, 1.54) is 13.3 Å². The molecule has 0 aliphatic carbocycles. The van der Waals surface area contributed by atoms with Gasteiger partial charge in [-0.25, -0.2) is 5.43 Å². The van der Waals surface area contributed by atoms with Crippen molar-refractivity contribution in [3.8, 4) is 11.5 Å². The molecule has 0 spiro atoms. The van der Waals surface area contributed by atoms with Crippen LogP contribution >= 0.6 is 31.9 Å². The number of nitrogens with zero attached hydrogens (tertiary/aromatic N) is 1. The number of carbonyl (C=O) groups is 2. The Bertz CT molecular complexity index is 1160. The van der Waals surface area contributed by atoms with Crippen molar-refractivity contribution in [1.29, 1.82) is 0 Å². The molecule has 0 aliphatic rings. The van der Waals surface area contributed by atoms with Gasteiger partial charge in [-0.1, -0.05) is 33.6 Å². The third-order valence-corrected chi connectivity index (χ3v) is 5.54.